The molecule has 1 heterocycles. The Bertz CT molecular complexity index is 314. The van der Waals surface area contributed by atoms with E-state index in [4.69, 9.17) is 5.73 Å². The molecule has 0 atom stereocenters. The first-order valence-corrected chi connectivity index (χ1v) is 4.07. The van der Waals surface area contributed by atoms with Gasteiger partial charge in [0, 0.05) is 10.7 Å². The van der Waals surface area contributed by atoms with Crippen LogP contribution in [0.25, 0.3) is 0 Å². The predicted molar refractivity (Wildman–Crippen MR) is 49.9 cm³/mol. The van der Waals surface area contributed by atoms with Gasteiger partial charge in [-0.15, -0.1) is 0 Å². The van der Waals surface area contributed by atoms with Crippen LogP contribution in [0.5, 0.6) is 0 Å². The summed E-state index contributed by atoms with van der Waals surface area (Å²) in [6.07, 6.45) is 1.60. The number of hydrogen-bond acceptors (Lipinski definition) is 2. The van der Waals surface area contributed by atoms with Crippen LogP contribution in [0.15, 0.2) is 16.7 Å². The molecule has 0 bridgehead atoms. The predicted octanol–water partition coefficient (Wildman–Crippen LogP) is 1.64. The standard InChI is InChI=1S/C7H8BrN3O/c1-4-2-5(8)3-10-6(4)11-7(9)12/h2-3H,1H3,(H3,9,10,11,12). The van der Waals surface area contributed by atoms with Gasteiger partial charge >= 0.3 is 6.03 Å². The van der Waals surface area contributed by atoms with Crippen molar-refractivity contribution < 1.29 is 4.79 Å². The number of amides is 2. The molecule has 0 radical (unpaired) electrons. The minimum absolute atomic E-state index is 0.491. The Balaban J connectivity index is 2.93. The molecule has 0 aliphatic heterocycles. The number of hydrogen-bond donors (Lipinski definition) is 2. The molecule has 12 heavy (non-hydrogen) atoms. The van der Waals surface area contributed by atoms with Crippen LogP contribution in [-0.4, -0.2) is 11.0 Å². The zero-order valence-electron chi connectivity index (χ0n) is 6.47. The SMILES string of the molecule is Cc1cc(Br)cnc1NC(N)=O. The lowest BCUT2D eigenvalue weighted by atomic mass is 10.3. The average molecular weight is 230 g/mol. The summed E-state index contributed by atoms with van der Waals surface area (Å²) in [5.41, 5.74) is 5.79. The minimum Gasteiger partial charge on any atom is -0.351 e. The Kier molecular flexibility index (Phi) is 2.65. The number of anilines is 1. The van der Waals surface area contributed by atoms with Gasteiger partial charge in [0.25, 0.3) is 0 Å². The molecule has 1 aromatic heterocycles. The molecular weight excluding hydrogens is 222 g/mol. The molecular formula is C7H8BrN3O. The van der Waals surface area contributed by atoms with Gasteiger partial charge in [-0.05, 0) is 34.5 Å². The van der Waals surface area contributed by atoms with Crippen LogP contribution in [0, 0.1) is 6.92 Å². The number of nitrogens with one attached hydrogen (secondary N) is 1. The van der Waals surface area contributed by atoms with Crippen molar-refractivity contribution in [1.29, 1.82) is 0 Å². The van der Waals surface area contributed by atoms with Crippen LogP contribution in [0.1, 0.15) is 5.56 Å². The first-order valence-electron chi connectivity index (χ1n) is 3.28. The van der Waals surface area contributed by atoms with Crippen molar-refractivity contribution in [3.8, 4) is 0 Å². The maximum atomic E-state index is 10.5. The fourth-order valence-corrected chi connectivity index (χ4v) is 1.23. The number of primary amides is 1. The van der Waals surface area contributed by atoms with Gasteiger partial charge in [0.2, 0.25) is 0 Å². The third kappa shape index (κ3) is 2.20. The third-order valence-electron chi connectivity index (χ3n) is 1.29. The lowest BCUT2D eigenvalue weighted by molar-refractivity contribution is 0.259. The number of carbonyl (C=O) groups excluding carboxylic acids is 1. The van der Waals surface area contributed by atoms with E-state index in [1.165, 1.54) is 0 Å². The molecule has 1 rings (SSSR count). The van der Waals surface area contributed by atoms with Crippen molar-refractivity contribution in [1.82, 2.24) is 4.98 Å². The number of nitrogens with zero attached hydrogens (tertiary/aromatic N) is 1. The van der Waals surface area contributed by atoms with E-state index in [1.807, 2.05) is 13.0 Å². The molecule has 0 fully saturated rings. The number of pyridine rings is 1. The smallest absolute Gasteiger partial charge is 0.317 e. The maximum absolute atomic E-state index is 10.5. The van der Waals surface area contributed by atoms with Gasteiger partial charge < -0.3 is 5.73 Å². The summed E-state index contributed by atoms with van der Waals surface area (Å²) in [5, 5.41) is 2.41. The topological polar surface area (TPSA) is 68.0 Å². The van der Waals surface area contributed by atoms with Gasteiger partial charge in [-0.25, -0.2) is 9.78 Å². The molecule has 3 N–H and O–H groups in total. The van der Waals surface area contributed by atoms with Gasteiger partial charge in [-0.1, -0.05) is 0 Å². The number of aromatic nitrogens is 1. The van der Waals surface area contributed by atoms with E-state index < -0.39 is 6.03 Å². The van der Waals surface area contributed by atoms with Crippen LogP contribution < -0.4 is 11.1 Å². The quantitative estimate of drug-likeness (QED) is 0.769. The first kappa shape index (κ1) is 8.99. The lowest BCUT2D eigenvalue weighted by Gasteiger charge is -2.03. The van der Waals surface area contributed by atoms with Crippen molar-refractivity contribution in [2.24, 2.45) is 5.73 Å². The molecule has 1 aromatic rings. The first-order chi connectivity index (χ1) is 5.59. The molecule has 0 spiro atoms. The fraction of sp³-hybridized carbons (Fsp3) is 0.143. The van der Waals surface area contributed by atoms with Crippen LogP contribution in [-0.2, 0) is 0 Å². The van der Waals surface area contributed by atoms with E-state index in [-0.39, 0.29) is 0 Å². The maximum Gasteiger partial charge on any atom is 0.317 e. The number of urea groups is 1. The van der Waals surface area contributed by atoms with E-state index in [9.17, 15) is 4.79 Å². The normalized spacial score (nSPS) is 9.50. The van der Waals surface area contributed by atoms with Gasteiger partial charge in [0.05, 0.1) is 0 Å². The Morgan fingerprint density at radius 1 is 1.75 bits per heavy atom. The van der Waals surface area contributed by atoms with Gasteiger partial charge in [-0.3, -0.25) is 5.32 Å². The molecule has 64 valence electrons. The van der Waals surface area contributed by atoms with Crippen molar-refractivity contribution in [3.63, 3.8) is 0 Å². The minimum atomic E-state index is -0.604. The van der Waals surface area contributed by atoms with Crippen molar-refractivity contribution in [3.05, 3.63) is 22.3 Å². The summed E-state index contributed by atoms with van der Waals surface area (Å²) >= 11 is 3.26. The van der Waals surface area contributed by atoms with Crippen LogP contribution >= 0.6 is 15.9 Å². The van der Waals surface area contributed by atoms with E-state index in [0.717, 1.165) is 10.0 Å². The highest BCUT2D eigenvalue weighted by molar-refractivity contribution is 9.10. The lowest BCUT2D eigenvalue weighted by Crippen LogP contribution is -2.20. The summed E-state index contributed by atoms with van der Waals surface area (Å²) in [5.74, 6) is 0.491. The zero-order valence-corrected chi connectivity index (χ0v) is 8.05. The largest absolute Gasteiger partial charge is 0.351 e. The van der Waals surface area contributed by atoms with Crippen LogP contribution in [0.2, 0.25) is 0 Å². The van der Waals surface area contributed by atoms with E-state index >= 15 is 0 Å². The van der Waals surface area contributed by atoms with E-state index in [1.54, 1.807) is 6.20 Å². The number of carbonyl (C=O) groups is 1. The summed E-state index contributed by atoms with van der Waals surface area (Å²) in [6, 6.07) is 1.24. The second-order valence-corrected chi connectivity index (χ2v) is 3.22. The highest BCUT2D eigenvalue weighted by atomic mass is 79.9. The van der Waals surface area contributed by atoms with Gasteiger partial charge in [-0.2, -0.15) is 0 Å². The number of halogens is 1. The van der Waals surface area contributed by atoms with Gasteiger partial charge in [0.1, 0.15) is 5.82 Å². The summed E-state index contributed by atoms with van der Waals surface area (Å²) in [6.45, 7) is 1.84. The molecule has 0 saturated heterocycles. The number of nitrogens with two attached hydrogens (primary N) is 1. The zero-order chi connectivity index (χ0) is 9.14. The number of rotatable bonds is 1. The Morgan fingerprint density at radius 3 is 2.92 bits per heavy atom. The van der Waals surface area contributed by atoms with E-state index in [0.29, 0.717) is 5.82 Å². The van der Waals surface area contributed by atoms with Crippen molar-refractivity contribution >= 4 is 27.8 Å². The molecule has 5 heteroatoms. The Labute approximate surface area is 78.3 Å². The Morgan fingerprint density at radius 2 is 2.42 bits per heavy atom. The molecule has 0 unspecified atom stereocenters. The van der Waals surface area contributed by atoms with E-state index in [2.05, 4.69) is 26.2 Å². The average Bonchev–Trinajstić information content (AvgIpc) is 1.94. The monoisotopic (exact) mass is 229 g/mol. The molecule has 2 amide bonds. The second-order valence-electron chi connectivity index (χ2n) is 2.31. The summed E-state index contributed by atoms with van der Waals surface area (Å²) in [4.78, 5) is 14.4. The summed E-state index contributed by atoms with van der Waals surface area (Å²) < 4.78 is 0.870. The highest BCUT2D eigenvalue weighted by Gasteiger charge is 2.01. The van der Waals surface area contributed by atoms with Crippen molar-refractivity contribution in [2.75, 3.05) is 5.32 Å². The summed E-state index contributed by atoms with van der Waals surface area (Å²) in [7, 11) is 0. The van der Waals surface area contributed by atoms with Crippen molar-refractivity contribution in [2.45, 2.75) is 6.92 Å². The second kappa shape index (κ2) is 3.53. The van der Waals surface area contributed by atoms with Crippen LogP contribution in [0.3, 0.4) is 0 Å². The molecule has 0 aromatic carbocycles. The fourth-order valence-electron chi connectivity index (χ4n) is 0.788. The molecule has 4 nitrogen and oxygen atoms in total. The van der Waals surface area contributed by atoms with Crippen LogP contribution in [0.4, 0.5) is 10.6 Å². The Hall–Kier alpha value is -1.10. The number of aryl methyl sites for hydroxylation is 1. The molecule has 0 aliphatic carbocycles. The molecule has 0 aliphatic rings. The third-order valence-corrected chi connectivity index (χ3v) is 1.72. The van der Waals surface area contributed by atoms with Gasteiger partial charge in [0.15, 0.2) is 0 Å². The highest BCUT2D eigenvalue weighted by Crippen LogP contribution is 2.16. The molecule has 0 saturated carbocycles.